The molecule has 0 aliphatic carbocycles. The summed E-state index contributed by atoms with van der Waals surface area (Å²) < 4.78 is 5.34. The van der Waals surface area contributed by atoms with Gasteiger partial charge < -0.3 is 15.2 Å². The summed E-state index contributed by atoms with van der Waals surface area (Å²) in [6.45, 7) is 5.90. The van der Waals surface area contributed by atoms with Gasteiger partial charge in [-0.2, -0.15) is 0 Å². The minimum Gasteiger partial charge on any atom is -0.507 e. The quantitative estimate of drug-likeness (QED) is 0.710. The Kier molecular flexibility index (Phi) is 4.81. The molecule has 29 heavy (non-hydrogen) atoms. The number of benzene rings is 2. The Balaban J connectivity index is 1.36. The normalized spacial score (nSPS) is 20.5. The molecule has 0 amide bonds. The maximum Gasteiger partial charge on any atom is 0.149 e. The van der Waals surface area contributed by atoms with Gasteiger partial charge in [-0.05, 0) is 49.4 Å². The zero-order chi connectivity index (χ0) is 19.8. The molecule has 6 nitrogen and oxygen atoms in total. The highest BCUT2D eigenvalue weighted by Crippen LogP contribution is 2.36. The molecule has 5 rings (SSSR count). The van der Waals surface area contributed by atoms with E-state index in [9.17, 15) is 5.11 Å². The Morgan fingerprint density at radius 2 is 2.00 bits per heavy atom. The molecule has 3 heterocycles. The largest absolute Gasteiger partial charge is 0.507 e. The smallest absolute Gasteiger partial charge is 0.149 e. The van der Waals surface area contributed by atoms with Crippen LogP contribution in [0.15, 0.2) is 42.5 Å². The first-order valence-corrected chi connectivity index (χ1v) is 10.3. The van der Waals surface area contributed by atoms with E-state index in [-0.39, 0.29) is 5.75 Å². The first-order chi connectivity index (χ1) is 14.2. The maximum atomic E-state index is 10.8. The molecule has 1 atom stereocenters. The van der Waals surface area contributed by atoms with Crippen LogP contribution in [0.1, 0.15) is 18.4 Å². The van der Waals surface area contributed by atoms with Gasteiger partial charge in [-0.1, -0.05) is 30.3 Å². The van der Waals surface area contributed by atoms with Gasteiger partial charge >= 0.3 is 0 Å². The molecule has 1 aromatic heterocycles. The highest BCUT2D eigenvalue weighted by atomic mass is 16.5. The van der Waals surface area contributed by atoms with Crippen LogP contribution in [-0.2, 0) is 4.74 Å². The minimum atomic E-state index is 0.256. The Labute approximate surface area is 170 Å². The van der Waals surface area contributed by atoms with E-state index in [0.717, 1.165) is 60.6 Å². The fourth-order valence-corrected chi connectivity index (χ4v) is 4.37. The van der Waals surface area contributed by atoms with E-state index < -0.39 is 0 Å². The molecule has 2 aliphatic heterocycles. The van der Waals surface area contributed by atoms with E-state index in [4.69, 9.17) is 4.74 Å². The van der Waals surface area contributed by atoms with E-state index in [1.165, 1.54) is 6.42 Å². The first kappa shape index (κ1) is 18.3. The summed E-state index contributed by atoms with van der Waals surface area (Å²) >= 11 is 0. The van der Waals surface area contributed by atoms with Crippen LogP contribution in [0.5, 0.6) is 5.75 Å². The first-order valence-electron chi connectivity index (χ1n) is 10.3. The summed E-state index contributed by atoms with van der Waals surface area (Å²) in [4.78, 5) is 2.52. The third-order valence-electron chi connectivity index (χ3n) is 6.08. The van der Waals surface area contributed by atoms with E-state index in [0.29, 0.717) is 17.6 Å². The van der Waals surface area contributed by atoms with Crippen molar-refractivity contribution in [2.75, 3.05) is 31.6 Å². The SMILES string of the molecule is Cc1cc(N[C@@H]2CCCN(C3COC3)C2)nnc1-c1ccc2ccccc2c1O. The molecular weight excluding hydrogens is 364 g/mol. The Hall–Kier alpha value is -2.70. The van der Waals surface area contributed by atoms with Crippen molar-refractivity contribution < 1.29 is 9.84 Å². The number of anilines is 1. The fraction of sp³-hybridized carbons (Fsp3) is 0.391. The van der Waals surface area contributed by atoms with Crippen LogP contribution < -0.4 is 5.32 Å². The van der Waals surface area contributed by atoms with Crippen molar-refractivity contribution >= 4 is 16.6 Å². The fourth-order valence-electron chi connectivity index (χ4n) is 4.37. The lowest BCUT2D eigenvalue weighted by atomic mass is 10.0. The van der Waals surface area contributed by atoms with Gasteiger partial charge in [0.25, 0.3) is 0 Å². The molecule has 2 aliphatic rings. The van der Waals surface area contributed by atoms with Crippen molar-refractivity contribution in [3.63, 3.8) is 0 Å². The molecule has 6 heteroatoms. The lowest BCUT2D eigenvalue weighted by Gasteiger charge is -2.42. The van der Waals surface area contributed by atoms with Crippen LogP contribution in [0.25, 0.3) is 22.0 Å². The third-order valence-corrected chi connectivity index (χ3v) is 6.08. The van der Waals surface area contributed by atoms with Gasteiger partial charge in [0.05, 0.1) is 24.9 Å². The number of piperidine rings is 1. The number of likely N-dealkylation sites (tertiary alicyclic amines) is 1. The number of phenolic OH excluding ortho intramolecular Hbond substituents is 1. The Morgan fingerprint density at radius 3 is 2.79 bits per heavy atom. The van der Waals surface area contributed by atoms with Gasteiger partial charge in [0.1, 0.15) is 11.6 Å². The maximum absolute atomic E-state index is 10.8. The second kappa shape index (κ2) is 7.61. The molecule has 0 unspecified atom stereocenters. The monoisotopic (exact) mass is 390 g/mol. The van der Waals surface area contributed by atoms with Crippen molar-refractivity contribution in [3.05, 3.63) is 48.0 Å². The van der Waals surface area contributed by atoms with E-state index in [2.05, 4.69) is 20.4 Å². The lowest BCUT2D eigenvalue weighted by Crippen LogP contribution is -2.54. The summed E-state index contributed by atoms with van der Waals surface area (Å²) in [5, 5.41) is 25.0. The lowest BCUT2D eigenvalue weighted by molar-refractivity contribution is -0.0710. The summed E-state index contributed by atoms with van der Waals surface area (Å²) in [7, 11) is 0. The molecule has 150 valence electrons. The van der Waals surface area contributed by atoms with E-state index in [1.807, 2.05) is 49.4 Å². The summed E-state index contributed by atoms with van der Waals surface area (Å²) in [6, 6.07) is 14.7. The Morgan fingerprint density at radius 1 is 1.14 bits per heavy atom. The van der Waals surface area contributed by atoms with Gasteiger partial charge in [0.2, 0.25) is 0 Å². The summed E-state index contributed by atoms with van der Waals surface area (Å²) in [5.41, 5.74) is 2.43. The topological polar surface area (TPSA) is 70.5 Å². The van der Waals surface area contributed by atoms with Crippen LogP contribution in [0.4, 0.5) is 5.82 Å². The number of aryl methyl sites for hydroxylation is 1. The summed E-state index contributed by atoms with van der Waals surface area (Å²) in [5.74, 6) is 1.05. The predicted molar refractivity (Wildman–Crippen MR) is 114 cm³/mol. The van der Waals surface area contributed by atoms with E-state index >= 15 is 0 Å². The second-order valence-electron chi connectivity index (χ2n) is 8.11. The summed E-state index contributed by atoms with van der Waals surface area (Å²) in [6.07, 6.45) is 2.32. The molecular formula is C23H26N4O2. The van der Waals surface area contributed by atoms with Crippen molar-refractivity contribution in [1.82, 2.24) is 15.1 Å². The molecule has 2 aromatic carbocycles. The van der Waals surface area contributed by atoms with Gasteiger partial charge in [0.15, 0.2) is 0 Å². The molecule has 2 saturated heterocycles. The van der Waals surface area contributed by atoms with Gasteiger partial charge in [-0.3, -0.25) is 4.90 Å². The highest BCUT2D eigenvalue weighted by molar-refractivity contribution is 5.94. The number of nitrogens with one attached hydrogen (secondary N) is 1. The standard InChI is InChI=1S/C23H26N4O2/c1-15-11-21(24-17-6-4-10-27(12-17)18-13-29-14-18)25-26-22(15)20-9-8-16-5-2-3-7-19(16)23(20)28/h2-3,5,7-9,11,17-18,28H,4,6,10,12-14H2,1H3,(H,24,25)/t17-/m1/s1. The number of hydrogen-bond donors (Lipinski definition) is 2. The zero-order valence-corrected chi connectivity index (χ0v) is 16.6. The molecule has 2 fully saturated rings. The molecule has 3 aromatic rings. The van der Waals surface area contributed by atoms with Crippen LogP contribution in [0.2, 0.25) is 0 Å². The highest BCUT2D eigenvalue weighted by Gasteiger charge is 2.30. The zero-order valence-electron chi connectivity index (χ0n) is 16.6. The number of aromatic hydroxyl groups is 1. The van der Waals surface area contributed by atoms with Crippen molar-refractivity contribution in [1.29, 1.82) is 0 Å². The number of fused-ring (bicyclic) bond motifs is 1. The van der Waals surface area contributed by atoms with Gasteiger partial charge in [0, 0.05) is 23.5 Å². The number of hydrogen-bond acceptors (Lipinski definition) is 6. The number of aromatic nitrogens is 2. The molecule has 0 saturated carbocycles. The van der Waals surface area contributed by atoms with Crippen LogP contribution in [-0.4, -0.2) is 58.6 Å². The van der Waals surface area contributed by atoms with Crippen LogP contribution >= 0.6 is 0 Å². The average molecular weight is 390 g/mol. The molecule has 2 N–H and O–H groups in total. The number of ether oxygens (including phenoxy) is 1. The van der Waals surface area contributed by atoms with Crippen molar-refractivity contribution in [2.24, 2.45) is 0 Å². The van der Waals surface area contributed by atoms with Gasteiger partial charge in [-0.25, -0.2) is 0 Å². The molecule has 0 bridgehead atoms. The minimum absolute atomic E-state index is 0.256. The number of phenols is 1. The third kappa shape index (κ3) is 3.54. The van der Waals surface area contributed by atoms with E-state index in [1.54, 1.807) is 0 Å². The number of rotatable bonds is 4. The molecule has 0 radical (unpaired) electrons. The Bertz CT molecular complexity index is 1030. The molecule has 0 spiro atoms. The van der Waals surface area contributed by atoms with Crippen molar-refractivity contribution in [2.45, 2.75) is 31.8 Å². The second-order valence-corrected chi connectivity index (χ2v) is 8.11. The predicted octanol–water partition coefficient (Wildman–Crippen LogP) is 3.59. The van der Waals surface area contributed by atoms with Crippen LogP contribution in [0.3, 0.4) is 0 Å². The number of nitrogens with zero attached hydrogens (tertiary/aromatic N) is 3. The van der Waals surface area contributed by atoms with Crippen LogP contribution in [0, 0.1) is 6.92 Å². The van der Waals surface area contributed by atoms with Crippen molar-refractivity contribution in [3.8, 4) is 17.0 Å². The average Bonchev–Trinajstić information content (AvgIpc) is 2.68. The van der Waals surface area contributed by atoms with Gasteiger partial charge in [-0.15, -0.1) is 10.2 Å².